The monoisotopic (exact) mass is 292 g/mol. The van der Waals surface area contributed by atoms with E-state index in [0.717, 1.165) is 31.9 Å². The highest BCUT2D eigenvalue weighted by molar-refractivity contribution is 7.90. The minimum absolute atomic E-state index is 0.0614. The maximum absolute atomic E-state index is 11.8. The van der Waals surface area contributed by atoms with Crippen LogP contribution in [0, 0.1) is 5.41 Å². The summed E-state index contributed by atoms with van der Waals surface area (Å²) in [6.45, 7) is 0.473. The molecule has 4 N–H and O–H groups in total. The Morgan fingerprint density at radius 3 is 2.47 bits per heavy atom. The first-order valence-corrected chi connectivity index (χ1v) is 8.66. The number of hydrogen-bond acceptors (Lipinski definition) is 5. The molecule has 0 radical (unpaired) electrons. The van der Waals surface area contributed by atoms with Crippen molar-refractivity contribution >= 4 is 15.7 Å². The molecule has 112 valence electrons. The van der Waals surface area contributed by atoms with Crippen LogP contribution in [0.3, 0.4) is 0 Å². The van der Waals surface area contributed by atoms with Crippen molar-refractivity contribution in [2.24, 2.45) is 11.1 Å². The van der Waals surface area contributed by atoms with Crippen LogP contribution in [0.25, 0.3) is 0 Å². The van der Waals surface area contributed by atoms with Gasteiger partial charge in [0.15, 0.2) is 0 Å². The van der Waals surface area contributed by atoms with Crippen molar-refractivity contribution in [2.75, 3.05) is 25.2 Å². The second-order valence-corrected chi connectivity index (χ2v) is 7.87. The van der Waals surface area contributed by atoms with E-state index in [2.05, 4.69) is 5.32 Å². The lowest BCUT2D eigenvalue weighted by atomic mass is 9.87. The van der Waals surface area contributed by atoms with Gasteiger partial charge in [0.25, 0.3) is 0 Å². The molecule has 1 amide bonds. The molecule has 6 nitrogen and oxygen atoms in total. The number of aliphatic hydroxyl groups is 1. The van der Waals surface area contributed by atoms with Crippen molar-refractivity contribution in [2.45, 2.75) is 38.1 Å². The summed E-state index contributed by atoms with van der Waals surface area (Å²) in [7, 11) is -3.10. The van der Waals surface area contributed by atoms with Crippen LogP contribution in [0.1, 0.15) is 32.1 Å². The first kappa shape index (κ1) is 16.4. The molecule has 0 aromatic rings. The Bertz CT molecular complexity index is 402. The molecule has 0 aromatic carbocycles. The van der Waals surface area contributed by atoms with Crippen molar-refractivity contribution < 1.29 is 18.3 Å². The van der Waals surface area contributed by atoms with Gasteiger partial charge in [-0.3, -0.25) is 4.79 Å². The fourth-order valence-electron chi connectivity index (χ4n) is 2.39. The first-order chi connectivity index (χ1) is 8.78. The molecule has 1 aliphatic carbocycles. The van der Waals surface area contributed by atoms with Gasteiger partial charge in [0, 0.05) is 18.2 Å². The first-order valence-electron chi connectivity index (χ1n) is 6.60. The van der Waals surface area contributed by atoms with Crippen LogP contribution in [-0.4, -0.2) is 50.6 Å². The zero-order chi connectivity index (χ0) is 14.5. The largest absolute Gasteiger partial charge is 0.396 e. The van der Waals surface area contributed by atoms with Gasteiger partial charge in [0.2, 0.25) is 5.91 Å². The lowest BCUT2D eigenvalue weighted by Crippen LogP contribution is -2.46. The number of nitrogens with one attached hydrogen (secondary N) is 1. The SMILES string of the molecule is CS(=O)(=O)CCC(N)C(=O)NCC1(CO)CCCC1. The molecule has 0 spiro atoms. The molecular formula is C12H24N2O4S. The van der Waals surface area contributed by atoms with Gasteiger partial charge < -0.3 is 16.2 Å². The van der Waals surface area contributed by atoms with Gasteiger partial charge >= 0.3 is 0 Å². The minimum Gasteiger partial charge on any atom is -0.396 e. The zero-order valence-electron chi connectivity index (χ0n) is 11.4. The Labute approximate surface area is 114 Å². The summed E-state index contributed by atoms with van der Waals surface area (Å²) in [5.74, 6) is -0.435. The van der Waals surface area contributed by atoms with Gasteiger partial charge in [-0.2, -0.15) is 0 Å². The molecule has 0 bridgehead atoms. The standard InChI is InChI=1S/C12H24N2O4S/c1-19(17,18)7-4-10(13)11(16)14-8-12(9-15)5-2-3-6-12/h10,15H,2-9,13H2,1H3,(H,14,16). The van der Waals surface area contributed by atoms with E-state index in [-0.39, 0.29) is 30.1 Å². The molecule has 1 atom stereocenters. The molecule has 0 aliphatic heterocycles. The summed E-state index contributed by atoms with van der Waals surface area (Å²) in [5, 5.41) is 12.1. The van der Waals surface area contributed by atoms with Gasteiger partial charge in [-0.05, 0) is 19.3 Å². The maximum atomic E-state index is 11.8. The molecule has 7 heteroatoms. The Morgan fingerprint density at radius 2 is 2.00 bits per heavy atom. The molecule has 0 heterocycles. The van der Waals surface area contributed by atoms with Crippen molar-refractivity contribution in [3.05, 3.63) is 0 Å². The summed E-state index contributed by atoms with van der Waals surface area (Å²) >= 11 is 0. The number of nitrogens with two attached hydrogens (primary N) is 1. The van der Waals surface area contributed by atoms with Crippen LogP contribution < -0.4 is 11.1 Å². The van der Waals surface area contributed by atoms with Crippen LogP contribution in [0.15, 0.2) is 0 Å². The lowest BCUT2D eigenvalue weighted by molar-refractivity contribution is -0.123. The lowest BCUT2D eigenvalue weighted by Gasteiger charge is -2.27. The van der Waals surface area contributed by atoms with Crippen LogP contribution in [0.2, 0.25) is 0 Å². The van der Waals surface area contributed by atoms with Gasteiger partial charge in [-0.1, -0.05) is 12.8 Å². The van der Waals surface area contributed by atoms with Crippen molar-refractivity contribution in [1.82, 2.24) is 5.32 Å². The number of amides is 1. The average molecular weight is 292 g/mol. The fraction of sp³-hybridized carbons (Fsp3) is 0.917. The summed E-state index contributed by atoms with van der Waals surface area (Å²) in [5.41, 5.74) is 5.44. The molecule has 1 fully saturated rings. The zero-order valence-corrected chi connectivity index (χ0v) is 12.2. The molecule has 1 rings (SSSR count). The number of hydrogen-bond donors (Lipinski definition) is 3. The second-order valence-electron chi connectivity index (χ2n) is 5.61. The summed E-state index contributed by atoms with van der Waals surface area (Å²) in [4.78, 5) is 11.8. The highest BCUT2D eigenvalue weighted by Crippen LogP contribution is 2.36. The topological polar surface area (TPSA) is 109 Å². The predicted molar refractivity (Wildman–Crippen MR) is 73.3 cm³/mol. The van der Waals surface area contributed by atoms with E-state index in [1.54, 1.807) is 0 Å². The third kappa shape index (κ3) is 5.46. The van der Waals surface area contributed by atoms with E-state index in [1.165, 1.54) is 0 Å². The molecule has 1 saturated carbocycles. The summed E-state index contributed by atoms with van der Waals surface area (Å²) in [6, 6.07) is -0.813. The van der Waals surface area contributed by atoms with E-state index < -0.39 is 15.9 Å². The predicted octanol–water partition coefficient (Wildman–Crippen LogP) is -0.583. The van der Waals surface area contributed by atoms with Gasteiger partial charge in [-0.15, -0.1) is 0 Å². The second kappa shape index (κ2) is 6.67. The third-order valence-electron chi connectivity index (χ3n) is 3.77. The van der Waals surface area contributed by atoms with Crippen LogP contribution >= 0.6 is 0 Å². The van der Waals surface area contributed by atoms with E-state index in [0.29, 0.717) is 6.54 Å². The van der Waals surface area contributed by atoms with E-state index in [4.69, 9.17) is 5.73 Å². The van der Waals surface area contributed by atoms with E-state index in [1.807, 2.05) is 0 Å². The smallest absolute Gasteiger partial charge is 0.236 e. The van der Waals surface area contributed by atoms with E-state index >= 15 is 0 Å². The van der Waals surface area contributed by atoms with Gasteiger partial charge in [0.1, 0.15) is 9.84 Å². The number of aliphatic hydroxyl groups excluding tert-OH is 1. The molecule has 0 aromatic heterocycles. The van der Waals surface area contributed by atoms with E-state index in [9.17, 15) is 18.3 Å². The normalized spacial score (nSPS) is 20.2. The maximum Gasteiger partial charge on any atom is 0.236 e. The minimum atomic E-state index is -3.10. The van der Waals surface area contributed by atoms with Crippen molar-refractivity contribution in [3.63, 3.8) is 0 Å². The third-order valence-corrected chi connectivity index (χ3v) is 4.75. The highest BCUT2D eigenvalue weighted by Gasteiger charge is 2.33. The summed E-state index contributed by atoms with van der Waals surface area (Å²) < 4.78 is 22.0. The number of carbonyl (C=O) groups excluding carboxylic acids is 1. The number of carbonyl (C=O) groups is 1. The molecule has 1 unspecified atom stereocenters. The van der Waals surface area contributed by atoms with Crippen molar-refractivity contribution in [1.29, 1.82) is 0 Å². The van der Waals surface area contributed by atoms with Gasteiger partial charge in [0.05, 0.1) is 18.4 Å². The van der Waals surface area contributed by atoms with Crippen LogP contribution in [-0.2, 0) is 14.6 Å². The Balaban J connectivity index is 2.38. The Morgan fingerprint density at radius 1 is 1.42 bits per heavy atom. The number of rotatable bonds is 7. The van der Waals surface area contributed by atoms with Crippen LogP contribution in [0.4, 0.5) is 0 Å². The van der Waals surface area contributed by atoms with Crippen LogP contribution in [0.5, 0.6) is 0 Å². The molecular weight excluding hydrogens is 268 g/mol. The average Bonchev–Trinajstić information content (AvgIpc) is 2.81. The Hall–Kier alpha value is -0.660. The Kier molecular flexibility index (Phi) is 5.76. The van der Waals surface area contributed by atoms with Gasteiger partial charge in [-0.25, -0.2) is 8.42 Å². The summed E-state index contributed by atoms with van der Waals surface area (Å²) in [6.07, 6.45) is 5.19. The highest BCUT2D eigenvalue weighted by atomic mass is 32.2. The molecule has 1 aliphatic rings. The molecule has 19 heavy (non-hydrogen) atoms. The molecule has 0 saturated heterocycles. The van der Waals surface area contributed by atoms with Crippen molar-refractivity contribution in [3.8, 4) is 0 Å². The fourth-order valence-corrected chi connectivity index (χ4v) is 3.08. The number of sulfone groups is 1. The quantitative estimate of drug-likeness (QED) is 0.581.